The minimum absolute atomic E-state index is 0.0476. The minimum Gasteiger partial charge on any atom is -0.508 e. The van der Waals surface area contributed by atoms with Crippen molar-refractivity contribution in [2.24, 2.45) is 0 Å². The van der Waals surface area contributed by atoms with Crippen LogP contribution in [0.25, 0.3) is 39.0 Å². The maximum atomic E-state index is 13.4. The van der Waals surface area contributed by atoms with Gasteiger partial charge in [0.1, 0.15) is 22.9 Å². The second-order valence-electron chi connectivity index (χ2n) is 6.54. The van der Waals surface area contributed by atoms with Gasteiger partial charge >= 0.3 is 0 Å². The number of aryl methyl sites for hydroxylation is 1. The van der Waals surface area contributed by atoms with Gasteiger partial charge in [0.05, 0.1) is 0 Å². The van der Waals surface area contributed by atoms with E-state index in [1.54, 1.807) is 12.1 Å². The zero-order valence-electron chi connectivity index (χ0n) is 15.0. The molecule has 1 N–H and O–H groups in total. The molecule has 0 saturated carbocycles. The molecule has 0 spiro atoms. The minimum atomic E-state index is -0.264. The van der Waals surface area contributed by atoms with Gasteiger partial charge in [-0.3, -0.25) is 0 Å². The third-order valence-electron chi connectivity index (χ3n) is 4.72. The zero-order chi connectivity index (χ0) is 19.0. The first kappa shape index (κ1) is 17.1. The molecule has 0 bridgehead atoms. The second-order valence-corrected chi connectivity index (χ2v) is 6.54. The summed E-state index contributed by atoms with van der Waals surface area (Å²) in [7, 11) is 0. The van der Waals surface area contributed by atoms with Gasteiger partial charge in [0.15, 0.2) is 0 Å². The molecule has 4 rings (SSSR count). The number of hydrogen-bond donors (Lipinski definition) is 1. The maximum Gasteiger partial charge on any atom is 0.142 e. The van der Waals surface area contributed by atoms with Crippen molar-refractivity contribution in [3.8, 4) is 22.3 Å². The van der Waals surface area contributed by atoms with Crippen LogP contribution in [0.3, 0.4) is 0 Å². The summed E-state index contributed by atoms with van der Waals surface area (Å²) in [6, 6.07) is 20.2. The van der Waals surface area contributed by atoms with Crippen LogP contribution in [-0.4, -0.2) is 5.11 Å². The van der Waals surface area contributed by atoms with Crippen molar-refractivity contribution >= 4 is 16.7 Å². The van der Waals surface area contributed by atoms with Crippen molar-refractivity contribution in [2.45, 2.75) is 13.3 Å². The Kier molecular flexibility index (Phi) is 4.28. The van der Waals surface area contributed by atoms with E-state index in [0.29, 0.717) is 5.56 Å². The molecule has 1 heterocycles. The summed E-state index contributed by atoms with van der Waals surface area (Å²) in [5.74, 6) is 0.698. The summed E-state index contributed by atoms with van der Waals surface area (Å²) in [6.45, 7) is 5.61. The molecule has 1 aromatic heterocycles. The first-order valence-corrected chi connectivity index (χ1v) is 8.86. The molecule has 3 heteroatoms. The molecule has 27 heavy (non-hydrogen) atoms. The van der Waals surface area contributed by atoms with Gasteiger partial charge in [0, 0.05) is 22.9 Å². The quantitative estimate of drug-likeness (QED) is 0.399. The third kappa shape index (κ3) is 3.24. The number of halogens is 1. The van der Waals surface area contributed by atoms with Crippen molar-refractivity contribution in [1.29, 1.82) is 0 Å². The normalized spacial score (nSPS) is 11.0. The predicted octanol–water partition coefficient (Wildman–Crippen LogP) is 7.00. The van der Waals surface area contributed by atoms with E-state index in [0.717, 1.165) is 45.4 Å². The van der Waals surface area contributed by atoms with E-state index in [1.807, 2.05) is 24.3 Å². The van der Waals surface area contributed by atoms with Gasteiger partial charge in [-0.15, -0.1) is 0 Å². The number of aliphatic hydroxyl groups excluding tert-OH is 1. The number of rotatable bonds is 4. The number of furan rings is 1. The Balaban J connectivity index is 1.91. The Morgan fingerprint density at radius 3 is 2.22 bits per heavy atom. The van der Waals surface area contributed by atoms with Crippen LogP contribution in [-0.2, 0) is 6.42 Å². The summed E-state index contributed by atoms with van der Waals surface area (Å²) >= 11 is 0. The van der Waals surface area contributed by atoms with E-state index in [4.69, 9.17) is 4.42 Å². The van der Waals surface area contributed by atoms with Crippen molar-refractivity contribution in [1.82, 2.24) is 0 Å². The summed E-state index contributed by atoms with van der Waals surface area (Å²) in [6.07, 6.45) is 0.806. The maximum absolute atomic E-state index is 13.4. The highest BCUT2D eigenvalue weighted by Gasteiger charge is 2.13. The summed E-state index contributed by atoms with van der Waals surface area (Å²) in [5.41, 5.74) is 5.38. The lowest BCUT2D eigenvalue weighted by molar-refractivity contribution is 0.514. The molecular weight excluding hydrogens is 339 g/mol. The van der Waals surface area contributed by atoms with Gasteiger partial charge < -0.3 is 9.52 Å². The van der Waals surface area contributed by atoms with Crippen LogP contribution in [0.2, 0.25) is 0 Å². The lowest BCUT2D eigenvalue weighted by Crippen LogP contribution is -1.85. The van der Waals surface area contributed by atoms with Crippen LogP contribution in [0.4, 0.5) is 4.39 Å². The van der Waals surface area contributed by atoms with Gasteiger partial charge in [-0.05, 0) is 47.0 Å². The fourth-order valence-electron chi connectivity index (χ4n) is 3.25. The lowest BCUT2D eigenvalue weighted by Gasteiger charge is -2.09. The van der Waals surface area contributed by atoms with E-state index in [-0.39, 0.29) is 11.6 Å². The zero-order valence-corrected chi connectivity index (χ0v) is 15.0. The highest BCUT2D eigenvalue weighted by Crippen LogP contribution is 2.36. The van der Waals surface area contributed by atoms with Gasteiger partial charge in [0.2, 0.25) is 0 Å². The SMILES string of the molecule is C=C(O)c1ccc(-c2cc(-c3ccc(F)cc3)c3oc(CC)cc3c2)cc1. The molecule has 2 nitrogen and oxygen atoms in total. The fourth-order valence-corrected chi connectivity index (χ4v) is 3.25. The van der Waals surface area contributed by atoms with Crippen LogP contribution in [0.15, 0.2) is 77.7 Å². The summed E-state index contributed by atoms with van der Waals surface area (Å²) in [5, 5.41) is 10.5. The number of hydrogen-bond acceptors (Lipinski definition) is 2. The molecule has 0 amide bonds. The third-order valence-corrected chi connectivity index (χ3v) is 4.72. The Labute approximate surface area is 157 Å². The van der Waals surface area contributed by atoms with Gasteiger partial charge in [-0.1, -0.05) is 49.9 Å². The van der Waals surface area contributed by atoms with Crippen molar-refractivity contribution in [3.63, 3.8) is 0 Å². The highest BCUT2D eigenvalue weighted by molar-refractivity contribution is 5.97. The van der Waals surface area contributed by atoms with Gasteiger partial charge in [0.25, 0.3) is 0 Å². The van der Waals surface area contributed by atoms with E-state index in [9.17, 15) is 9.50 Å². The molecule has 4 aromatic rings. The van der Waals surface area contributed by atoms with Crippen LogP contribution in [0.5, 0.6) is 0 Å². The summed E-state index contributed by atoms with van der Waals surface area (Å²) in [4.78, 5) is 0. The molecule has 0 unspecified atom stereocenters. The average Bonchev–Trinajstić information content (AvgIpc) is 3.11. The number of benzene rings is 3. The highest BCUT2D eigenvalue weighted by atomic mass is 19.1. The predicted molar refractivity (Wildman–Crippen MR) is 108 cm³/mol. The van der Waals surface area contributed by atoms with Crippen LogP contribution in [0.1, 0.15) is 18.2 Å². The van der Waals surface area contributed by atoms with Crippen LogP contribution < -0.4 is 0 Å². The smallest absolute Gasteiger partial charge is 0.142 e. The van der Waals surface area contributed by atoms with E-state index in [2.05, 4.69) is 31.7 Å². The van der Waals surface area contributed by atoms with E-state index >= 15 is 0 Å². The fraction of sp³-hybridized carbons (Fsp3) is 0.0833. The van der Waals surface area contributed by atoms with E-state index < -0.39 is 0 Å². The molecule has 3 aromatic carbocycles. The molecule has 0 fully saturated rings. The Morgan fingerprint density at radius 1 is 0.926 bits per heavy atom. The number of fused-ring (bicyclic) bond motifs is 1. The largest absolute Gasteiger partial charge is 0.508 e. The molecule has 0 aliphatic rings. The first-order chi connectivity index (χ1) is 13.0. The van der Waals surface area contributed by atoms with Crippen LogP contribution in [0, 0.1) is 5.82 Å². The Bertz CT molecular complexity index is 1120. The first-order valence-electron chi connectivity index (χ1n) is 8.86. The topological polar surface area (TPSA) is 33.4 Å². The molecule has 0 saturated heterocycles. The van der Waals surface area contributed by atoms with Crippen molar-refractivity contribution in [2.75, 3.05) is 0 Å². The van der Waals surface area contributed by atoms with Gasteiger partial charge in [-0.25, -0.2) is 4.39 Å². The van der Waals surface area contributed by atoms with Crippen molar-refractivity contribution in [3.05, 3.63) is 90.4 Å². The molecule has 134 valence electrons. The second kappa shape index (κ2) is 6.76. The lowest BCUT2D eigenvalue weighted by atomic mass is 9.96. The van der Waals surface area contributed by atoms with Gasteiger partial charge in [-0.2, -0.15) is 0 Å². The van der Waals surface area contributed by atoms with Crippen LogP contribution >= 0.6 is 0 Å². The number of aliphatic hydroxyl groups is 1. The molecule has 0 radical (unpaired) electrons. The van der Waals surface area contributed by atoms with E-state index in [1.165, 1.54) is 12.1 Å². The monoisotopic (exact) mass is 358 g/mol. The van der Waals surface area contributed by atoms with Crippen molar-refractivity contribution < 1.29 is 13.9 Å². The Morgan fingerprint density at radius 2 is 1.59 bits per heavy atom. The Hall–Kier alpha value is -3.33. The molecule has 0 aliphatic carbocycles. The molecule has 0 aliphatic heterocycles. The molecule has 0 atom stereocenters. The molecular formula is C24H19FO2. The average molecular weight is 358 g/mol. The summed E-state index contributed by atoms with van der Waals surface area (Å²) < 4.78 is 19.4. The standard InChI is InChI=1S/C24H19FO2/c1-3-22-13-20-12-19(17-6-4-16(5-7-17)15(2)26)14-23(24(20)27-22)18-8-10-21(25)11-9-18/h4-14,26H,2-3H2,1H3.